The van der Waals surface area contributed by atoms with Crippen molar-refractivity contribution in [3.8, 4) is 0 Å². The molecule has 1 amide bonds. The summed E-state index contributed by atoms with van der Waals surface area (Å²) in [5, 5.41) is 8.89. The zero-order valence-corrected chi connectivity index (χ0v) is 12.2. The monoisotopic (exact) mass is 298 g/mol. The summed E-state index contributed by atoms with van der Waals surface area (Å²) in [5.41, 5.74) is 4.73. The number of aliphatic hydroxyl groups excluding tert-OH is 1. The number of halogens is 3. The molecule has 0 atom stereocenters. The van der Waals surface area contributed by atoms with Crippen molar-refractivity contribution in [1.29, 1.82) is 0 Å². The third kappa shape index (κ3) is 5.66. The number of carbonyl (C=O) groups excluding carboxylic acids is 1. The predicted octanol–water partition coefficient (Wildman–Crippen LogP) is 1.91. The number of hydrogen-bond acceptors (Lipinski definition) is 3. The van der Waals surface area contributed by atoms with Gasteiger partial charge in [0, 0.05) is 13.1 Å². The fraction of sp³-hybridized carbons (Fsp3) is 0.923. The number of amides is 1. The van der Waals surface area contributed by atoms with Crippen molar-refractivity contribution in [3.63, 3.8) is 0 Å². The van der Waals surface area contributed by atoms with E-state index in [0.29, 0.717) is 30.6 Å². The van der Waals surface area contributed by atoms with Crippen molar-refractivity contribution in [2.24, 2.45) is 11.1 Å². The third-order valence-corrected chi connectivity index (χ3v) is 3.33. The van der Waals surface area contributed by atoms with Crippen molar-refractivity contribution in [2.45, 2.75) is 45.7 Å². The largest absolute Gasteiger partial charge is 0.406 e. The summed E-state index contributed by atoms with van der Waals surface area (Å²) in [6.07, 6.45) is -2.24. The number of alkyl halides is 3. The van der Waals surface area contributed by atoms with Crippen molar-refractivity contribution in [3.05, 3.63) is 0 Å². The molecule has 0 radical (unpaired) electrons. The predicted molar refractivity (Wildman–Crippen MR) is 71.0 cm³/mol. The minimum Gasteiger partial charge on any atom is -0.395 e. The molecule has 0 bridgehead atoms. The Kier molecular flexibility index (Phi) is 8.12. The Balaban J connectivity index is 5.23. The Labute approximate surface area is 118 Å². The van der Waals surface area contributed by atoms with Gasteiger partial charge in [0.1, 0.15) is 6.54 Å². The first-order valence-corrected chi connectivity index (χ1v) is 6.93. The highest BCUT2D eigenvalue weighted by Gasteiger charge is 2.42. The van der Waals surface area contributed by atoms with E-state index in [4.69, 9.17) is 10.8 Å². The highest BCUT2D eigenvalue weighted by molar-refractivity contribution is 5.83. The molecular weight excluding hydrogens is 273 g/mol. The van der Waals surface area contributed by atoms with Crippen LogP contribution in [0.15, 0.2) is 0 Å². The lowest BCUT2D eigenvalue weighted by molar-refractivity contribution is -0.169. The van der Waals surface area contributed by atoms with E-state index in [1.807, 2.05) is 13.8 Å². The number of carbonyl (C=O) groups is 1. The first-order valence-electron chi connectivity index (χ1n) is 6.93. The summed E-state index contributed by atoms with van der Waals surface area (Å²) in [7, 11) is 0. The van der Waals surface area contributed by atoms with Gasteiger partial charge in [0.05, 0.1) is 12.0 Å². The average Bonchev–Trinajstić information content (AvgIpc) is 2.35. The van der Waals surface area contributed by atoms with E-state index in [0.717, 1.165) is 0 Å². The Morgan fingerprint density at radius 1 is 1.20 bits per heavy atom. The molecule has 0 saturated heterocycles. The molecule has 0 aromatic rings. The normalized spacial score (nSPS) is 12.6. The van der Waals surface area contributed by atoms with Crippen LogP contribution in [-0.2, 0) is 4.79 Å². The number of hydrogen-bond donors (Lipinski definition) is 2. The zero-order chi connectivity index (χ0) is 15.8. The van der Waals surface area contributed by atoms with Crippen LogP contribution in [0.25, 0.3) is 0 Å². The molecule has 0 aliphatic carbocycles. The zero-order valence-electron chi connectivity index (χ0n) is 12.2. The van der Waals surface area contributed by atoms with E-state index >= 15 is 0 Å². The number of aliphatic hydroxyl groups is 1. The van der Waals surface area contributed by atoms with Crippen molar-refractivity contribution in [1.82, 2.24) is 4.90 Å². The molecule has 0 aromatic carbocycles. The van der Waals surface area contributed by atoms with Crippen LogP contribution in [-0.4, -0.2) is 48.3 Å². The van der Waals surface area contributed by atoms with Gasteiger partial charge in [-0.15, -0.1) is 0 Å². The fourth-order valence-corrected chi connectivity index (χ4v) is 2.51. The van der Waals surface area contributed by atoms with Crippen LogP contribution in [0.1, 0.15) is 39.5 Å². The summed E-state index contributed by atoms with van der Waals surface area (Å²) in [6, 6.07) is 0. The van der Waals surface area contributed by atoms with Crippen LogP contribution in [0.3, 0.4) is 0 Å². The van der Waals surface area contributed by atoms with Crippen molar-refractivity contribution < 1.29 is 23.1 Å². The SMILES string of the molecule is CCCC(CN)(CCC)C(=O)N(CCO)CC(F)(F)F. The first-order chi connectivity index (χ1) is 9.26. The first kappa shape index (κ1) is 19.2. The van der Waals surface area contributed by atoms with Gasteiger partial charge in [-0.25, -0.2) is 0 Å². The standard InChI is InChI=1S/C13H25F3N2O2/c1-3-5-12(9-17,6-4-2)11(20)18(7-8-19)10-13(14,15)16/h19H,3-10,17H2,1-2H3. The number of nitrogens with two attached hydrogens (primary N) is 1. The van der Waals surface area contributed by atoms with E-state index in [-0.39, 0.29) is 13.1 Å². The highest BCUT2D eigenvalue weighted by Crippen LogP contribution is 2.32. The molecule has 0 aliphatic heterocycles. The minimum atomic E-state index is -4.48. The lowest BCUT2D eigenvalue weighted by atomic mass is 9.78. The van der Waals surface area contributed by atoms with Gasteiger partial charge >= 0.3 is 6.18 Å². The Morgan fingerprint density at radius 2 is 1.70 bits per heavy atom. The lowest BCUT2D eigenvalue weighted by Crippen LogP contribution is -2.51. The quantitative estimate of drug-likeness (QED) is 0.683. The van der Waals surface area contributed by atoms with Gasteiger partial charge in [0.2, 0.25) is 5.91 Å². The van der Waals surface area contributed by atoms with Gasteiger partial charge in [-0.2, -0.15) is 13.2 Å². The van der Waals surface area contributed by atoms with E-state index < -0.39 is 30.7 Å². The average molecular weight is 298 g/mol. The van der Waals surface area contributed by atoms with Gasteiger partial charge in [0.15, 0.2) is 0 Å². The van der Waals surface area contributed by atoms with Crippen LogP contribution >= 0.6 is 0 Å². The molecule has 0 rings (SSSR count). The minimum absolute atomic E-state index is 0.0211. The summed E-state index contributed by atoms with van der Waals surface area (Å²) < 4.78 is 37.6. The second kappa shape index (κ2) is 8.46. The molecule has 7 heteroatoms. The van der Waals surface area contributed by atoms with E-state index in [2.05, 4.69) is 0 Å². The summed E-state index contributed by atoms with van der Waals surface area (Å²) >= 11 is 0. The second-order valence-corrected chi connectivity index (χ2v) is 5.05. The van der Waals surface area contributed by atoms with E-state index in [9.17, 15) is 18.0 Å². The van der Waals surface area contributed by atoms with Gasteiger partial charge in [-0.3, -0.25) is 4.79 Å². The second-order valence-electron chi connectivity index (χ2n) is 5.05. The number of nitrogens with zero attached hydrogens (tertiary/aromatic N) is 1. The van der Waals surface area contributed by atoms with Crippen LogP contribution < -0.4 is 5.73 Å². The summed E-state index contributed by atoms with van der Waals surface area (Å²) in [6.45, 7) is 1.59. The summed E-state index contributed by atoms with van der Waals surface area (Å²) in [4.78, 5) is 13.2. The van der Waals surface area contributed by atoms with Gasteiger partial charge in [-0.1, -0.05) is 26.7 Å². The van der Waals surface area contributed by atoms with Gasteiger partial charge in [-0.05, 0) is 12.8 Å². The molecule has 0 heterocycles. The Hall–Kier alpha value is -0.820. The topological polar surface area (TPSA) is 66.6 Å². The molecule has 0 aliphatic rings. The van der Waals surface area contributed by atoms with Gasteiger partial charge < -0.3 is 15.7 Å². The maximum absolute atomic E-state index is 12.5. The maximum atomic E-state index is 12.5. The molecule has 4 nitrogen and oxygen atoms in total. The van der Waals surface area contributed by atoms with Crippen LogP contribution in [0, 0.1) is 5.41 Å². The van der Waals surface area contributed by atoms with Crippen molar-refractivity contribution in [2.75, 3.05) is 26.2 Å². The van der Waals surface area contributed by atoms with Crippen molar-refractivity contribution >= 4 is 5.91 Å². The maximum Gasteiger partial charge on any atom is 0.406 e. The highest BCUT2D eigenvalue weighted by atomic mass is 19.4. The lowest BCUT2D eigenvalue weighted by Gasteiger charge is -2.36. The van der Waals surface area contributed by atoms with Gasteiger partial charge in [0.25, 0.3) is 0 Å². The molecule has 0 fully saturated rings. The van der Waals surface area contributed by atoms with E-state index in [1.165, 1.54) is 0 Å². The van der Waals surface area contributed by atoms with Crippen LogP contribution in [0.5, 0.6) is 0 Å². The third-order valence-electron chi connectivity index (χ3n) is 3.33. The van der Waals surface area contributed by atoms with E-state index in [1.54, 1.807) is 0 Å². The summed E-state index contributed by atoms with van der Waals surface area (Å²) in [5.74, 6) is -0.602. The Bertz CT molecular complexity index is 290. The molecule has 0 spiro atoms. The molecule has 120 valence electrons. The molecule has 20 heavy (non-hydrogen) atoms. The molecule has 0 saturated carbocycles. The molecule has 3 N–H and O–H groups in total. The smallest absolute Gasteiger partial charge is 0.395 e. The van der Waals surface area contributed by atoms with Crippen LogP contribution in [0.4, 0.5) is 13.2 Å². The Morgan fingerprint density at radius 3 is 2.00 bits per heavy atom. The molecule has 0 aromatic heterocycles. The molecular formula is C13H25F3N2O2. The number of rotatable bonds is 9. The van der Waals surface area contributed by atoms with Crippen LogP contribution in [0.2, 0.25) is 0 Å². The molecule has 0 unspecified atom stereocenters. The fourth-order valence-electron chi connectivity index (χ4n) is 2.51.